The number of benzene rings is 1. The fourth-order valence-electron chi connectivity index (χ4n) is 3.21. The van der Waals surface area contributed by atoms with Crippen molar-refractivity contribution in [2.45, 2.75) is 49.6 Å². The van der Waals surface area contributed by atoms with Gasteiger partial charge in [-0.3, -0.25) is 0 Å². The average Bonchev–Trinajstić information content (AvgIpc) is 2.47. The normalized spacial score (nSPS) is 28.1. The van der Waals surface area contributed by atoms with Gasteiger partial charge in [-0.05, 0) is 31.9 Å². The molecule has 0 N–H and O–H groups in total. The Labute approximate surface area is 120 Å². The zero-order valence-corrected chi connectivity index (χ0v) is 12.6. The third-order valence-electron chi connectivity index (χ3n) is 4.31. The molecule has 0 unspecified atom stereocenters. The molecule has 3 rings (SSSR count). The van der Waals surface area contributed by atoms with Crippen molar-refractivity contribution in [3.8, 4) is 0 Å². The second kappa shape index (κ2) is 5.47. The van der Waals surface area contributed by atoms with E-state index in [1.807, 2.05) is 19.1 Å². The van der Waals surface area contributed by atoms with Crippen LogP contribution in [0.5, 0.6) is 0 Å². The summed E-state index contributed by atoms with van der Waals surface area (Å²) in [4.78, 5) is 0.398. The molecule has 0 radical (unpaired) electrons. The SMILES string of the molecule is Cc1ccc(S(=O)(=O)N2CCO[C@@H]3CCCC[C@@H]32)cc1. The number of nitrogens with zero attached hydrogens (tertiary/aromatic N) is 1. The zero-order valence-electron chi connectivity index (χ0n) is 11.8. The molecule has 2 aliphatic rings. The molecule has 5 heteroatoms. The monoisotopic (exact) mass is 295 g/mol. The number of aryl methyl sites for hydroxylation is 1. The van der Waals surface area contributed by atoms with E-state index in [2.05, 4.69) is 0 Å². The van der Waals surface area contributed by atoms with Gasteiger partial charge in [0.15, 0.2) is 0 Å². The molecule has 0 bridgehead atoms. The first-order valence-electron chi connectivity index (χ1n) is 7.29. The molecule has 1 aromatic carbocycles. The highest BCUT2D eigenvalue weighted by atomic mass is 32.2. The maximum atomic E-state index is 12.8. The van der Waals surface area contributed by atoms with Gasteiger partial charge in [-0.1, -0.05) is 30.5 Å². The van der Waals surface area contributed by atoms with Crippen molar-refractivity contribution < 1.29 is 13.2 Å². The maximum Gasteiger partial charge on any atom is 0.243 e. The van der Waals surface area contributed by atoms with Gasteiger partial charge >= 0.3 is 0 Å². The maximum absolute atomic E-state index is 12.8. The Morgan fingerprint density at radius 3 is 2.60 bits per heavy atom. The summed E-state index contributed by atoms with van der Waals surface area (Å²) >= 11 is 0. The van der Waals surface area contributed by atoms with E-state index in [4.69, 9.17) is 4.74 Å². The average molecular weight is 295 g/mol. The van der Waals surface area contributed by atoms with Crippen LogP contribution in [0, 0.1) is 6.92 Å². The molecule has 1 aromatic rings. The van der Waals surface area contributed by atoms with Crippen molar-refractivity contribution in [1.29, 1.82) is 0 Å². The largest absolute Gasteiger partial charge is 0.375 e. The first-order valence-corrected chi connectivity index (χ1v) is 8.73. The van der Waals surface area contributed by atoms with E-state index in [0.29, 0.717) is 18.0 Å². The molecule has 1 saturated heterocycles. The van der Waals surface area contributed by atoms with Crippen LogP contribution in [-0.4, -0.2) is 38.0 Å². The van der Waals surface area contributed by atoms with Crippen LogP contribution in [0.3, 0.4) is 0 Å². The predicted octanol–water partition coefficient (Wildman–Crippen LogP) is 2.33. The Hall–Kier alpha value is -0.910. The minimum atomic E-state index is -3.40. The lowest BCUT2D eigenvalue weighted by Crippen LogP contribution is -2.54. The fraction of sp³-hybridized carbons (Fsp3) is 0.600. The second-order valence-electron chi connectivity index (χ2n) is 5.69. The smallest absolute Gasteiger partial charge is 0.243 e. The van der Waals surface area contributed by atoms with Gasteiger partial charge in [0, 0.05) is 6.54 Å². The van der Waals surface area contributed by atoms with E-state index < -0.39 is 10.0 Å². The Bertz CT molecular complexity index is 565. The van der Waals surface area contributed by atoms with E-state index in [1.54, 1.807) is 16.4 Å². The number of morpholine rings is 1. The molecular weight excluding hydrogens is 274 g/mol. The van der Waals surface area contributed by atoms with Crippen molar-refractivity contribution in [1.82, 2.24) is 4.31 Å². The lowest BCUT2D eigenvalue weighted by molar-refractivity contribution is -0.0586. The van der Waals surface area contributed by atoms with E-state index in [-0.39, 0.29) is 12.1 Å². The molecule has 110 valence electrons. The van der Waals surface area contributed by atoms with Crippen LogP contribution in [0.1, 0.15) is 31.2 Å². The Kier molecular flexibility index (Phi) is 3.84. The van der Waals surface area contributed by atoms with Gasteiger partial charge in [0.1, 0.15) is 0 Å². The summed E-state index contributed by atoms with van der Waals surface area (Å²) in [5.41, 5.74) is 1.07. The summed E-state index contributed by atoms with van der Waals surface area (Å²) in [5, 5.41) is 0. The highest BCUT2D eigenvalue weighted by Gasteiger charge is 2.40. The minimum Gasteiger partial charge on any atom is -0.375 e. The van der Waals surface area contributed by atoms with Gasteiger partial charge in [0.25, 0.3) is 0 Å². The van der Waals surface area contributed by atoms with Crippen LogP contribution in [0.2, 0.25) is 0 Å². The van der Waals surface area contributed by atoms with Crippen LogP contribution in [-0.2, 0) is 14.8 Å². The third-order valence-corrected chi connectivity index (χ3v) is 6.25. The van der Waals surface area contributed by atoms with Gasteiger partial charge < -0.3 is 4.74 Å². The van der Waals surface area contributed by atoms with Crippen molar-refractivity contribution >= 4 is 10.0 Å². The number of hydrogen-bond donors (Lipinski definition) is 0. The number of hydrogen-bond acceptors (Lipinski definition) is 3. The lowest BCUT2D eigenvalue weighted by atomic mass is 9.91. The molecule has 0 spiro atoms. The number of rotatable bonds is 2. The van der Waals surface area contributed by atoms with E-state index in [9.17, 15) is 8.42 Å². The highest BCUT2D eigenvalue weighted by Crippen LogP contribution is 2.32. The predicted molar refractivity (Wildman–Crippen MR) is 77.1 cm³/mol. The molecule has 1 aliphatic heterocycles. The fourth-order valence-corrected chi connectivity index (χ4v) is 4.87. The van der Waals surface area contributed by atoms with Crippen molar-refractivity contribution in [2.75, 3.05) is 13.2 Å². The summed E-state index contributed by atoms with van der Waals surface area (Å²) in [6.07, 6.45) is 4.20. The molecule has 2 atom stereocenters. The van der Waals surface area contributed by atoms with Crippen LogP contribution < -0.4 is 0 Å². The summed E-state index contributed by atoms with van der Waals surface area (Å²) < 4.78 is 33.1. The van der Waals surface area contributed by atoms with Crippen LogP contribution in [0.4, 0.5) is 0 Å². The van der Waals surface area contributed by atoms with Crippen LogP contribution in [0.15, 0.2) is 29.2 Å². The molecule has 1 heterocycles. The topological polar surface area (TPSA) is 46.6 Å². The van der Waals surface area contributed by atoms with E-state index in [0.717, 1.165) is 31.2 Å². The Morgan fingerprint density at radius 1 is 1.15 bits per heavy atom. The van der Waals surface area contributed by atoms with Gasteiger partial charge in [0.2, 0.25) is 10.0 Å². The number of ether oxygens (including phenoxy) is 1. The summed E-state index contributed by atoms with van der Waals surface area (Å²) in [6.45, 7) is 2.94. The summed E-state index contributed by atoms with van der Waals surface area (Å²) in [7, 11) is -3.40. The Balaban J connectivity index is 1.91. The standard InChI is InChI=1S/C15H21NO3S/c1-12-6-8-13(9-7-12)20(17,18)16-10-11-19-15-5-3-2-4-14(15)16/h6-9,14-15H,2-5,10-11H2,1H3/t14-,15+/m0/s1. The van der Waals surface area contributed by atoms with E-state index in [1.165, 1.54) is 0 Å². The quantitative estimate of drug-likeness (QED) is 0.841. The third kappa shape index (κ3) is 2.50. The molecular formula is C15H21NO3S. The molecule has 1 saturated carbocycles. The number of sulfonamides is 1. The number of fused-ring (bicyclic) bond motifs is 1. The summed E-state index contributed by atoms with van der Waals surface area (Å²) in [6, 6.07) is 7.14. The molecule has 0 amide bonds. The summed E-state index contributed by atoms with van der Waals surface area (Å²) in [5.74, 6) is 0. The van der Waals surface area contributed by atoms with Gasteiger partial charge in [-0.15, -0.1) is 0 Å². The highest BCUT2D eigenvalue weighted by molar-refractivity contribution is 7.89. The van der Waals surface area contributed by atoms with Crippen molar-refractivity contribution in [3.05, 3.63) is 29.8 Å². The lowest BCUT2D eigenvalue weighted by Gasteiger charge is -2.42. The zero-order chi connectivity index (χ0) is 14.2. The van der Waals surface area contributed by atoms with Gasteiger partial charge in [0.05, 0.1) is 23.6 Å². The second-order valence-corrected chi connectivity index (χ2v) is 7.58. The van der Waals surface area contributed by atoms with Gasteiger partial charge in [-0.2, -0.15) is 4.31 Å². The van der Waals surface area contributed by atoms with Crippen molar-refractivity contribution in [2.24, 2.45) is 0 Å². The first kappa shape index (κ1) is 14.0. The van der Waals surface area contributed by atoms with Gasteiger partial charge in [-0.25, -0.2) is 8.42 Å². The molecule has 20 heavy (non-hydrogen) atoms. The molecule has 0 aromatic heterocycles. The molecule has 2 fully saturated rings. The Morgan fingerprint density at radius 2 is 1.85 bits per heavy atom. The minimum absolute atomic E-state index is 0.0174. The molecule has 1 aliphatic carbocycles. The van der Waals surface area contributed by atoms with Crippen LogP contribution >= 0.6 is 0 Å². The molecule has 4 nitrogen and oxygen atoms in total. The first-order chi connectivity index (χ1) is 9.59. The van der Waals surface area contributed by atoms with Crippen molar-refractivity contribution in [3.63, 3.8) is 0 Å². The van der Waals surface area contributed by atoms with E-state index >= 15 is 0 Å². The van der Waals surface area contributed by atoms with Crippen LogP contribution in [0.25, 0.3) is 0 Å².